The van der Waals surface area contributed by atoms with E-state index in [1.54, 1.807) is 31.2 Å². The first-order chi connectivity index (χ1) is 50.6. The van der Waals surface area contributed by atoms with Gasteiger partial charge >= 0.3 is 12.6 Å². The summed E-state index contributed by atoms with van der Waals surface area (Å²) in [7, 11) is 0. The van der Waals surface area contributed by atoms with Gasteiger partial charge in [-0.05, 0) is 131 Å². The Morgan fingerprint density at radius 1 is 0.524 bits per heavy atom. The third kappa shape index (κ3) is 18.7. The molecule has 2 saturated carbocycles. The molecule has 14 rings (SSSR count). The van der Waals surface area contributed by atoms with Crippen LogP contribution in [0.4, 0.5) is 32.0 Å². The van der Waals surface area contributed by atoms with Gasteiger partial charge in [0, 0.05) is 46.8 Å². The number of hydrogen-bond acceptors (Lipinski definition) is 13. The third-order valence-corrected chi connectivity index (χ3v) is 19.3. The molecular weight excluding hydrogens is 1380 g/mol. The lowest BCUT2D eigenvalue weighted by atomic mass is 9.87. The summed E-state index contributed by atoms with van der Waals surface area (Å²) in [5.74, 6) is -1.53. The summed E-state index contributed by atoms with van der Waals surface area (Å²) in [4.78, 5) is 25.1. The number of alkyl halides is 4. The lowest BCUT2D eigenvalue weighted by molar-refractivity contribution is -0.287. The molecule has 554 valence electrons. The van der Waals surface area contributed by atoms with Gasteiger partial charge in [-0.3, -0.25) is 9.59 Å². The van der Waals surface area contributed by atoms with Gasteiger partial charge in [-0.2, -0.15) is 0 Å². The maximum absolute atomic E-state index is 16.0. The van der Waals surface area contributed by atoms with E-state index in [4.69, 9.17) is 37.7 Å². The minimum Gasteiger partial charge on any atom is -0.396 e. The van der Waals surface area contributed by atoms with E-state index in [0.29, 0.717) is 94.4 Å². The zero-order valence-electron chi connectivity index (χ0n) is 60.0. The van der Waals surface area contributed by atoms with E-state index in [-0.39, 0.29) is 72.8 Å². The summed E-state index contributed by atoms with van der Waals surface area (Å²) in [6, 6.07) is 58.3. The standard InChI is InChI=1S/C41H40F3NO6.C29H33FN2O3.C11H7ClF2O3.C2H6/c1-39(2,26-49-24-28-11-7-4-8-12-28)37-18-30-17-29(19-38(47)40(15-16-40)31-13-14-35-36(20-31)51-41(43,44)50-35)33(42)21-34(30)45(37)22-32(46)25-48-23-27-9-5-3-6-10-27;1-29(2,20-35-18-22-11-7-4-8-12-22)28-14-23-13-26(31)25(30)15-27(23)32(28)16-24(33)19-34-17-21-9-5-3-6-10-21;12-9(15)10(3-4-10)6-1-2-7-8(5-6)17-11(13,14)16-7;1-2/h3-14,17-18,20-21,32,46H,15-16,19,22-26H2,1-2H3;3-15,24,33H,16-20,31H2,1-2H3;1-2,5H,3-4H2;1-2H3/t32-;24-;;/m11../s1/i;;;1D. The quantitative estimate of drug-likeness (QED) is 0.0239. The minimum absolute atomic E-state index is 0.0310. The Kier molecular flexibility index (Phi) is 23.5. The van der Waals surface area contributed by atoms with E-state index < -0.39 is 63.3 Å². The Morgan fingerprint density at radius 3 is 1.28 bits per heavy atom. The number of nitrogen functional groups attached to an aromatic ring is 1. The normalized spacial score (nSPS) is 16.0. The van der Waals surface area contributed by atoms with E-state index in [0.717, 1.165) is 44.4 Å². The van der Waals surface area contributed by atoms with Gasteiger partial charge in [0.05, 0.1) is 106 Å². The van der Waals surface area contributed by atoms with Crippen molar-refractivity contribution >= 4 is 50.1 Å². The van der Waals surface area contributed by atoms with Crippen LogP contribution in [0.2, 0.25) is 0 Å². The van der Waals surface area contributed by atoms with E-state index in [1.165, 1.54) is 36.4 Å². The second kappa shape index (κ2) is 32.7. The molecule has 15 nitrogen and oxygen atoms in total. The highest BCUT2D eigenvalue weighted by Crippen LogP contribution is 2.54. The van der Waals surface area contributed by atoms with Crippen molar-refractivity contribution in [2.45, 2.75) is 160 Å². The van der Waals surface area contributed by atoms with Gasteiger partial charge in [-0.15, -0.1) is 17.6 Å². The largest absolute Gasteiger partial charge is 0.586 e. The lowest BCUT2D eigenvalue weighted by Gasteiger charge is -2.28. The average molecular weight is 1470 g/mol. The molecule has 4 aliphatic rings. The number of aliphatic hydroxyl groups is 2. The number of nitrogens with two attached hydrogens (primary N) is 1. The first-order valence-corrected chi connectivity index (χ1v) is 35.0. The highest BCUT2D eigenvalue weighted by Gasteiger charge is 2.54. The van der Waals surface area contributed by atoms with Gasteiger partial charge in [0.1, 0.15) is 17.4 Å². The number of fused-ring (bicyclic) bond motifs is 4. The average Bonchev–Trinajstić information content (AvgIpc) is 1.61. The molecule has 0 unspecified atom stereocenters. The van der Waals surface area contributed by atoms with Crippen LogP contribution < -0.4 is 24.7 Å². The molecule has 2 aliphatic heterocycles. The number of nitrogens with zero attached hydrogens (tertiary/aromatic N) is 2. The number of carbonyl (C=O) groups excluding carboxylic acids is 2. The van der Waals surface area contributed by atoms with Crippen molar-refractivity contribution in [1.82, 2.24) is 9.13 Å². The summed E-state index contributed by atoms with van der Waals surface area (Å²) >= 11 is 5.51. The molecule has 105 heavy (non-hydrogen) atoms. The number of anilines is 1. The fraction of sp³-hybridized carbons (Fsp3) is 0.349. The Morgan fingerprint density at radius 2 is 0.886 bits per heavy atom. The number of carbonyl (C=O) groups is 2. The number of ether oxygens (including phenoxy) is 8. The zero-order valence-corrected chi connectivity index (χ0v) is 59.8. The molecule has 2 aromatic heterocycles. The first kappa shape index (κ1) is 75.5. The summed E-state index contributed by atoms with van der Waals surface area (Å²) in [5.41, 5.74) is 12.0. The third-order valence-electron chi connectivity index (χ3n) is 18.9. The molecule has 4 heterocycles. The number of hydrogen-bond donors (Lipinski definition) is 3. The molecule has 2 aliphatic carbocycles. The van der Waals surface area contributed by atoms with Crippen molar-refractivity contribution in [3.8, 4) is 23.0 Å². The van der Waals surface area contributed by atoms with Crippen LogP contribution in [0.15, 0.2) is 194 Å². The van der Waals surface area contributed by atoms with E-state index in [9.17, 15) is 41.8 Å². The summed E-state index contributed by atoms with van der Waals surface area (Å²) < 4.78 is 135. The molecule has 0 spiro atoms. The van der Waals surface area contributed by atoms with Gasteiger partial charge in [-0.25, -0.2) is 8.78 Å². The van der Waals surface area contributed by atoms with Crippen LogP contribution in [-0.4, -0.2) is 81.6 Å². The van der Waals surface area contributed by atoms with Gasteiger partial charge in [0.2, 0.25) is 5.24 Å². The van der Waals surface area contributed by atoms with Crippen molar-refractivity contribution in [3.63, 3.8) is 0 Å². The number of aliphatic hydroxyl groups excluding tert-OH is 2. The molecule has 2 fully saturated rings. The Bertz CT molecular complexity index is 4660. The topological polar surface area (TPSA) is 184 Å². The number of halogens is 7. The van der Waals surface area contributed by atoms with Crippen LogP contribution in [0.25, 0.3) is 21.8 Å². The van der Waals surface area contributed by atoms with Crippen LogP contribution in [0.5, 0.6) is 23.0 Å². The van der Waals surface area contributed by atoms with Gasteiger partial charge < -0.3 is 63.0 Å². The maximum Gasteiger partial charge on any atom is 0.586 e. The van der Waals surface area contributed by atoms with E-state index in [1.807, 2.05) is 156 Å². The predicted octanol–water partition coefficient (Wildman–Crippen LogP) is 17.3. The van der Waals surface area contributed by atoms with E-state index >= 15 is 4.39 Å². The highest BCUT2D eigenvalue weighted by molar-refractivity contribution is 6.66. The van der Waals surface area contributed by atoms with E-state index in [2.05, 4.69) is 32.8 Å². The number of rotatable bonds is 28. The van der Waals surface area contributed by atoms with Gasteiger partial charge in [-0.1, -0.05) is 175 Å². The molecule has 10 aromatic rings. The Balaban J connectivity index is 0.000000174. The van der Waals surface area contributed by atoms with Crippen LogP contribution in [0, 0.1) is 11.6 Å². The molecule has 0 bridgehead atoms. The van der Waals surface area contributed by atoms with Crippen molar-refractivity contribution in [3.05, 3.63) is 256 Å². The van der Waals surface area contributed by atoms with Gasteiger partial charge in [0.25, 0.3) is 0 Å². The molecule has 4 N–H and O–H groups in total. The predicted molar refractivity (Wildman–Crippen MR) is 389 cm³/mol. The summed E-state index contributed by atoms with van der Waals surface area (Å²) in [6.07, 6.45) is -6.92. The van der Waals surface area contributed by atoms with Crippen LogP contribution in [0.3, 0.4) is 0 Å². The fourth-order valence-electron chi connectivity index (χ4n) is 13.1. The maximum atomic E-state index is 16.0. The Labute approximate surface area is 612 Å². The summed E-state index contributed by atoms with van der Waals surface area (Å²) in [6.45, 7) is 13.7. The monoisotopic (exact) mass is 1470 g/mol. The highest BCUT2D eigenvalue weighted by atomic mass is 35.5. The molecule has 2 atom stereocenters. The van der Waals surface area contributed by atoms with Crippen molar-refractivity contribution in [1.29, 1.82) is 0 Å². The molecular formula is C83H86ClF6N3O12. The van der Waals surface area contributed by atoms with Crippen LogP contribution in [-0.2, 0) is 96.1 Å². The smallest absolute Gasteiger partial charge is 0.396 e. The van der Waals surface area contributed by atoms with Crippen molar-refractivity contribution < 1.29 is 85.4 Å². The number of benzene rings is 8. The van der Waals surface area contributed by atoms with Crippen molar-refractivity contribution in [2.24, 2.45) is 0 Å². The fourth-order valence-corrected chi connectivity index (χ4v) is 13.4. The zero-order chi connectivity index (χ0) is 75.6. The number of ketones is 1. The minimum atomic E-state index is -3.76. The van der Waals surface area contributed by atoms with Gasteiger partial charge in [0.15, 0.2) is 23.0 Å². The first-order valence-electron chi connectivity index (χ1n) is 35.4. The second-order valence-electron chi connectivity index (χ2n) is 27.9. The lowest BCUT2D eigenvalue weighted by Crippen LogP contribution is -2.30. The molecule has 0 amide bonds. The molecule has 0 saturated heterocycles. The molecule has 8 aromatic carbocycles. The van der Waals surface area contributed by atoms with Crippen LogP contribution >= 0.6 is 11.6 Å². The molecule has 22 heteroatoms. The number of Topliss-reactive ketones (excluding diaryl/α,β-unsaturated/α-hetero) is 1. The van der Waals surface area contributed by atoms with Crippen molar-refractivity contribution in [2.75, 3.05) is 32.2 Å². The molecule has 0 radical (unpaired) electrons. The SMILES string of the molecule is CC(C)(COCc1ccccc1)c1cc2cc(CC(=O)C3(c4ccc5c(c4)OC(F)(F)O5)CC3)c(F)cc2n1C[C@@H](O)COCc1ccccc1.CC(C)(COCc1ccccc1)c1cc2cc(N)c(F)cc2n1C[C@@H](O)COCc1ccccc1.O=C(Cl)C1(c2ccc3c(c2)OC(F)(F)O3)CC1.[2H]CC. The number of aromatic nitrogens is 2. The second-order valence-corrected chi connectivity index (χ2v) is 28.3. The summed E-state index contributed by atoms with van der Waals surface area (Å²) in [5, 5.41) is 23.0. The van der Waals surface area contributed by atoms with Crippen LogP contribution in [0.1, 0.15) is 119 Å². The Hall–Kier alpha value is -9.19.